The van der Waals surface area contributed by atoms with Crippen molar-refractivity contribution < 1.29 is 9.59 Å². The van der Waals surface area contributed by atoms with Crippen LogP contribution in [0.5, 0.6) is 0 Å². The largest absolute Gasteiger partial charge is 0.366 e. The molecule has 2 heterocycles. The van der Waals surface area contributed by atoms with Crippen molar-refractivity contribution in [2.75, 3.05) is 6.54 Å². The molecule has 4 heteroatoms. The Morgan fingerprint density at radius 1 is 1.18 bits per heavy atom. The number of allylic oxidation sites excluding steroid dienone is 1. The Hall–Kier alpha value is -2.10. The molecule has 1 saturated heterocycles. The maximum absolute atomic E-state index is 13.3. The van der Waals surface area contributed by atoms with Gasteiger partial charge in [-0.15, -0.1) is 0 Å². The van der Waals surface area contributed by atoms with Crippen LogP contribution in [0.2, 0.25) is 0 Å². The van der Waals surface area contributed by atoms with Crippen molar-refractivity contribution >= 4 is 17.5 Å². The van der Waals surface area contributed by atoms with Crippen molar-refractivity contribution in [1.29, 1.82) is 0 Å². The molecule has 1 atom stereocenters. The fourth-order valence-electron chi connectivity index (χ4n) is 5.65. The first-order valence-electron chi connectivity index (χ1n) is 10.9. The summed E-state index contributed by atoms with van der Waals surface area (Å²) < 4.78 is 0. The van der Waals surface area contributed by atoms with E-state index in [0.29, 0.717) is 25.3 Å². The van der Waals surface area contributed by atoms with Gasteiger partial charge in [-0.25, -0.2) is 0 Å². The normalized spacial score (nSPS) is 27.6. The van der Waals surface area contributed by atoms with Crippen molar-refractivity contribution in [1.82, 2.24) is 10.2 Å². The highest BCUT2D eigenvalue weighted by Gasteiger charge is 2.50. The lowest BCUT2D eigenvalue weighted by Crippen LogP contribution is -2.56. The SMILES string of the molecule is C/C=C1\c2ccc(C)cc2CN1CC1(C2CCCCCC2)CCC(=O)NC1=O. The van der Waals surface area contributed by atoms with Crippen molar-refractivity contribution in [2.45, 2.75) is 71.8 Å². The molecule has 2 amide bonds. The summed E-state index contributed by atoms with van der Waals surface area (Å²) in [5, 5.41) is 2.70. The lowest BCUT2D eigenvalue weighted by Gasteiger charge is -2.44. The topological polar surface area (TPSA) is 49.4 Å². The van der Waals surface area contributed by atoms with Gasteiger partial charge < -0.3 is 4.90 Å². The number of hydrogen-bond acceptors (Lipinski definition) is 3. The first kappa shape index (κ1) is 19.2. The molecule has 0 bridgehead atoms. The molecule has 0 spiro atoms. The Balaban J connectivity index is 1.66. The van der Waals surface area contributed by atoms with Gasteiger partial charge in [-0.05, 0) is 44.6 Å². The van der Waals surface area contributed by atoms with Crippen LogP contribution in [0.4, 0.5) is 0 Å². The molecular weight excluding hydrogens is 348 g/mol. The van der Waals surface area contributed by atoms with E-state index in [4.69, 9.17) is 0 Å². The average molecular weight is 381 g/mol. The highest BCUT2D eigenvalue weighted by atomic mass is 16.2. The van der Waals surface area contributed by atoms with Gasteiger partial charge in [0.25, 0.3) is 0 Å². The van der Waals surface area contributed by atoms with Crippen LogP contribution >= 0.6 is 0 Å². The molecule has 1 aromatic carbocycles. The van der Waals surface area contributed by atoms with E-state index in [-0.39, 0.29) is 11.8 Å². The van der Waals surface area contributed by atoms with Gasteiger partial charge in [-0.3, -0.25) is 14.9 Å². The third-order valence-corrected chi connectivity index (χ3v) is 7.13. The smallest absolute Gasteiger partial charge is 0.234 e. The number of nitrogens with zero attached hydrogens (tertiary/aromatic N) is 1. The van der Waals surface area contributed by atoms with Crippen molar-refractivity contribution in [3.63, 3.8) is 0 Å². The van der Waals surface area contributed by atoms with E-state index in [9.17, 15) is 9.59 Å². The van der Waals surface area contributed by atoms with E-state index < -0.39 is 5.41 Å². The number of piperidine rings is 1. The third kappa shape index (κ3) is 3.38. The standard InChI is InChI=1S/C24H32N2O2/c1-3-21-20-11-10-17(2)14-18(20)15-26(21)16-24(13-12-22(27)25-23(24)28)19-8-6-4-5-7-9-19/h3,10-11,14,19H,4-9,12-13,15-16H2,1-2H3,(H,25,27,28)/b21-3+. The van der Waals surface area contributed by atoms with E-state index in [1.54, 1.807) is 0 Å². The summed E-state index contributed by atoms with van der Waals surface area (Å²) in [5.41, 5.74) is 4.68. The summed E-state index contributed by atoms with van der Waals surface area (Å²) in [6.07, 6.45) is 10.5. The number of rotatable bonds is 3. The zero-order valence-electron chi connectivity index (χ0n) is 17.2. The minimum atomic E-state index is -0.455. The number of carbonyl (C=O) groups excluding carboxylic acids is 2. The molecule has 150 valence electrons. The van der Waals surface area contributed by atoms with Crippen molar-refractivity contribution in [3.8, 4) is 0 Å². The van der Waals surface area contributed by atoms with Crippen LogP contribution in [0.25, 0.3) is 5.70 Å². The van der Waals surface area contributed by atoms with Gasteiger partial charge >= 0.3 is 0 Å². The molecule has 1 saturated carbocycles. The van der Waals surface area contributed by atoms with Gasteiger partial charge in [-0.2, -0.15) is 0 Å². The van der Waals surface area contributed by atoms with E-state index >= 15 is 0 Å². The maximum atomic E-state index is 13.3. The quantitative estimate of drug-likeness (QED) is 0.617. The highest BCUT2D eigenvalue weighted by molar-refractivity contribution is 6.01. The Kier molecular flexibility index (Phi) is 5.31. The van der Waals surface area contributed by atoms with Crippen LogP contribution in [0.3, 0.4) is 0 Å². The number of carbonyl (C=O) groups is 2. The Bertz CT molecular complexity index is 805. The second-order valence-corrected chi connectivity index (χ2v) is 8.91. The van der Waals surface area contributed by atoms with E-state index in [0.717, 1.165) is 19.4 Å². The molecular formula is C24H32N2O2. The van der Waals surface area contributed by atoms with Crippen LogP contribution in [0.15, 0.2) is 24.3 Å². The summed E-state index contributed by atoms with van der Waals surface area (Å²) in [4.78, 5) is 27.6. The molecule has 2 fully saturated rings. The molecule has 3 aliphatic rings. The molecule has 0 aromatic heterocycles. The Morgan fingerprint density at radius 2 is 1.93 bits per heavy atom. The lowest BCUT2D eigenvalue weighted by atomic mass is 9.66. The number of fused-ring (bicyclic) bond motifs is 1. The maximum Gasteiger partial charge on any atom is 0.234 e. The first-order chi connectivity index (χ1) is 13.5. The van der Waals surface area contributed by atoms with Crippen LogP contribution in [0, 0.1) is 18.3 Å². The monoisotopic (exact) mass is 380 g/mol. The van der Waals surface area contributed by atoms with E-state index in [1.165, 1.54) is 48.1 Å². The number of hydrogen-bond donors (Lipinski definition) is 1. The predicted octanol–water partition coefficient (Wildman–Crippen LogP) is 4.56. The van der Waals surface area contributed by atoms with Gasteiger partial charge in [0.05, 0.1) is 5.41 Å². The van der Waals surface area contributed by atoms with Gasteiger partial charge in [-0.1, -0.05) is 55.5 Å². The third-order valence-electron chi connectivity index (χ3n) is 7.13. The van der Waals surface area contributed by atoms with Crippen LogP contribution in [-0.4, -0.2) is 23.3 Å². The number of benzene rings is 1. The van der Waals surface area contributed by atoms with Crippen LogP contribution in [0.1, 0.15) is 75.0 Å². The Morgan fingerprint density at radius 3 is 2.61 bits per heavy atom. The average Bonchev–Trinajstić information content (AvgIpc) is 2.83. The predicted molar refractivity (Wildman–Crippen MR) is 111 cm³/mol. The second kappa shape index (κ2) is 7.73. The van der Waals surface area contributed by atoms with E-state index in [1.807, 2.05) is 0 Å². The lowest BCUT2D eigenvalue weighted by molar-refractivity contribution is -0.146. The number of imide groups is 1. The van der Waals surface area contributed by atoms with E-state index in [2.05, 4.69) is 48.3 Å². The zero-order valence-corrected chi connectivity index (χ0v) is 17.2. The number of amides is 2. The molecule has 1 aliphatic carbocycles. The molecule has 4 nitrogen and oxygen atoms in total. The van der Waals surface area contributed by atoms with Crippen LogP contribution < -0.4 is 5.32 Å². The Labute approximate surface area is 168 Å². The molecule has 0 radical (unpaired) electrons. The number of aryl methyl sites for hydroxylation is 1. The molecule has 4 rings (SSSR count). The molecule has 1 N–H and O–H groups in total. The minimum absolute atomic E-state index is 0.0294. The molecule has 28 heavy (non-hydrogen) atoms. The summed E-state index contributed by atoms with van der Waals surface area (Å²) in [7, 11) is 0. The van der Waals surface area contributed by atoms with Gasteiger partial charge in [0.1, 0.15) is 0 Å². The fraction of sp³-hybridized carbons (Fsp3) is 0.583. The van der Waals surface area contributed by atoms with Crippen molar-refractivity contribution in [3.05, 3.63) is 41.0 Å². The summed E-state index contributed by atoms with van der Waals surface area (Å²) >= 11 is 0. The van der Waals surface area contributed by atoms with Gasteiger partial charge in [0, 0.05) is 30.8 Å². The van der Waals surface area contributed by atoms with Gasteiger partial charge in [0.2, 0.25) is 11.8 Å². The summed E-state index contributed by atoms with van der Waals surface area (Å²) in [5.74, 6) is 0.228. The zero-order chi connectivity index (χ0) is 19.7. The minimum Gasteiger partial charge on any atom is -0.366 e. The summed E-state index contributed by atoms with van der Waals surface area (Å²) in [6, 6.07) is 6.64. The first-order valence-corrected chi connectivity index (χ1v) is 10.9. The number of nitrogens with one attached hydrogen (secondary N) is 1. The summed E-state index contributed by atoms with van der Waals surface area (Å²) in [6.45, 7) is 5.78. The van der Waals surface area contributed by atoms with Gasteiger partial charge in [0.15, 0.2) is 0 Å². The van der Waals surface area contributed by atoms with Crippen molar-refractivity contribution in [2.24, 2.45) is 11.3 Å². The molecule has 1 unspecified atom stereocenters. The van der Waals surface area contributed by atoms with Crippen LogP contribution in [-0.2, 0) is 16.1 Å². The molecule has 2 aliphatic heterocycles. The molecule has 1 aromatic rings. The highest BCUT2D eigenvalue weighted by Crippen LogP contribution is 2.46. The fourth-order valence-corrected chi connectivity index (χ4v) is 5.65. The second-order valence-electron chi connectivity index (χ2n) is 8.91.